The Morgan fingerprint density at radius 3 is 2.58 bits per heavy atom. The van der Waals surface area contributed by atoms with Crippen LogP contribution in [0.2, 0.25) is 19.6 Å². The highest BCUT2D eigenvalue weighted by molar-refractivity contribution is 6.79. The molecular weight excluding hydrogens is 320 g/mol. The zero-order valence-electron chi connectivity index (χ0n) is 14.9. The molecule has 0 saturated carbocycles. The summed E-state index contributed by atoms with van der Waals surface area (Å²) < 4.78 is 17.5. The summed E-state index contributed by atoms with van der Waals surface area (Å²) in [5, 5.41) is -0.274. The number of hydrogen-bond donors (Lipinski definition) is 0. The molecule has 1 aromatic rings. The minimum Gasteiger partial charge on any atom is -0.497 e. The van der Waals surface area contributed by atoms with Gasteiger partial charge in [-0.1, -0.05) is 43.9 Å². The Labute approximate surface area is 144 Å². The number of ether oxygens (including phenoxy) is 3. The van der Waals surface area contributed by atoms with Gasteiger partial charge in [-0.3, -0.25) is 4.79 Å². The Balaban J connectivity index is 1.70. The minimum absolute atomic E-state index is 0.182. The van der Waals surface area contributed by atoms with Crippen LogP contribution in [-0.2, 0) is 20.9 Å². The fourth-order valence-corrected chi connectivity index (χ4v) is 5.32. The molecule has 0 spiro atoms. The molecule has 24 heavy (non-hydrogen) atoms. The molecule has 0 N–H and O–H groups in total. The topological polar surface area (TPSA) is 44.8 Å². The second kappa shape index (κ2) is 6.46. The first-order chi connectivity index (χ1) is 11.3. The van der Waals surface area contributed by atoms with E-state index >= 15 is 0 Å². The number of benzene rings is 1. The van der Waals surface area contributed by atoms with Gasteiger partial charge in [-0.25, -0.2) is 0 Å². The van der Waals surface area contributed by atoms with E-state index in [2.05, 4.69) is 25.7 Å². The molecular formula is C19H26O4Si. The Hall–Kier alpha value is -1.43. The maximum absolute atomic E-state index is 12.5. The lowest BCUT2D eigenvalue weighted by Gasteiger charge is -2.38. The van der Waals surface area contributed by atoms with E-state index in [0.717, 1.165) is 17.7 Å². The maximum Gasteiger partial charge on any atom is 0.167 e. The summed E-state index contributed by atoms with van der Waals surface area (Å²) in [5.41, 5.74) is 1.05. The van der Waals surface area contributed by atoms with Crippen molar-refractivity contribution in [1.29, 1.82) is 0 Å². The third-order valence-corrected chi connectivity index (χ3v) is 8.40. The molecule has 130 valence electrons. The van der Waals surface area contributed by atoms with Crippen LogP contribution in [0.4, 0.5) is 0 Å². The Kier molecular flexibility index (Phi) is 4.68. The molecule has 2 aliphatic heterocycles. The highest BCUT2D eigenvalue weighted by Crippen LogP contribution is 2.42. The summed E-state index contributed by atoms with van der Waals surface area (Å²) in [6.45, 7) is 7.27. The van der Waals surface area contributed by atoms with Crippen molar-refractivity contribution >= 4 is 13.9 Å². The Morgan fingerprint density at radius 2 is 1.96 bits per heavy atom. The van der Waals surface area contributed by atoms with E-state index < -0.39 is 14.2 Å². The fraction of sp³-hybridized carbons (Fsp3) is 0.526. The van der Waals surface area contributed by atoms with Crippen LogP contribution in [0.1, 0.15) is 18.4 Å². The van der Waals surface area contributed by atoms with Crippen molar-refractivity contribution in [2.75, 3.05) is 7.11 Å². The largest absolute Gasteiger partial charge is 0.497 e. The maximum atomic E-state index is 12.5. The summed E-state index contributed by atoms with van der Waals surface area (Å²) >= 11 is 0. The Bertz CT molecular complexity index is 632. The number of rotatable bonds is 5. The summed E-state index contributed by atoms with van der Waals surface area (Å²) in [7, 11) is 0.0187. The van der Waals surface area contributed by atoms with Gasteiger partial charge >= 0.3 is 0 Å². The van der Waals surface area contributed by atoms with Crippen molar-refractivity contribution in [3.8, 4) is 5.75 Å². The highest BCUT2D eigenvalue weighted by atomic mass is 28.3. The monoisotopic (exact) mass is 346 g/mol. The molecule has 0 radical (unpaired) electrons. The zero-order chi connectivity index (χ0) is 17.4. The van der Waals surface area contributed by atoms with Gasteiger partial charge in [0.15, 0.2) is 5.78 Å². The molecule has 1 saturated heterocycles. The van der Waals surface area contributed by atoms with E-state index in [1.807, 2.05) is 30.3 Å². The molecule has 5 heteroatoms. The van der Waals surface area contributed by atoms with E-state index in [9.17, 15) is 4.79 Å². The summed E-state index contributed by atoms with van der Waals surface area (Å²) in [5.74, 6) is 1.00. The summed E-state index contributed by atoms with van der Waals surface area (Å²) in [6, 6.07) is 7.77. The number of Topliss-reactive ketones (excluding diaryl/α,β-unsaturated/α-hetero) is 1. The lowest BCUT2D eigenvalue weighted by Crippen LogP contribution is -2.52. The van der Waals surface area contributed by atoms with Crippen molar-refractivity contribution in [3.63, 3.8) is 0 Å². The average Bonchev–Trinajstić information content (AvgIpc) is 2.76. The van der Waals surface area contributed by atoms with Crippen molar-refractivity contribution < 1.29 is 19.0 Å². The van der Waals surface area contributed by atoms with Crippen molar-refractivity contribution in [1.82, 2.24) is 0 Å². The fourth-order valence-electron chi connectivity index (χ4n) is 3.40. The molecule has 0 amide bonds. The van der Waals surface area contributed by atoms with Gasteiger partial charge in [0.05, 0.1) is 27.0 Å². The molecule has 2 aliphatic rings. The van der Waals surface area contributed by atoms with Crippen LogP contribution >= 0.6 is 0 Å². The third-order valence-electron chi connectivity index (χ3n) is 5.17. The van der Waals surface area contributed by atoms with Gasteiger partial charge in [0.25, 0.3) is 0 Å². The van der Waals surface area contributed by atoms with Crippen LogP contribution in [0.15, 0.2) is 36.4 Å². The number of carbonyl (C=O) groups excluding carboxylic acids is 1. The van der Waals surface area contributed by atoms with Crippen LogP contribution < -0.4 is 4.74 Å². The first-order valence-corrected chi connectivity index (χ1v) is 12.0. The average molecular weight is 346 g/mol. The van der Waals surface area contributed by atoms with Gasteiger partial charge in [0.2, 0.25) is 0 Å². The molecule has 0 unspecified atom stereocenters. The number of carbonyl (C=O) groups is 1. The summed E-state index contributed by atoms with van der Waals surface area (Å²) in [6.07, 6.45) is 4.72. The minimum atomic E-state index is -1.63. The third kappa shape index (κ3) is 3.21. The van der Waals surface area contributed by atoms with Gasteiger partial charge in [-0.2, -0.15) is 0 Å². The molecule has 2 bridgehead atoms. The van der Waals surface area contributed by atoms with Crippen LogP contribution in [0.5, 0.6) is 5.75 Å². The molecule has 0 aromatic heterocycles. The predicted molar refractivity (Wildman–Crippen MR) is 95.9 cm³/mol. The highest BCUT2D eigenvalue weighted by Gasteiger charge is 2.55. The number of hydrogen-bond acceptors (Lipinski definition) is 4. The van der Waals surface area contributed by atoms with E-state index in [1.54, 1.807) is 7.11 Å². The second-order valence-corrected chi connectivity index (χ2v) is 13.1. The first-order valence-electron chi connectivity index (χ1n) is 8.46. The van der Waals surface area contributed by atoms with Crippen molar-refractivity contribution in [2.24, 2.45) is 0 Å². The normalized spacial score (nSPS) is 29.6. The molecule has 3 atom stereocenters. The molecule has 4 nitrogen and oxygen atoms in total. The standard InChI is InChI=1S/C19H26O4Si/c1-21-15-9-7-14(8-10-15)13-22-17-6-5-11-19(24(2,3)4)12-16(20)18(17)23-19/h5-10,17-18H,11-13H2,1-4H3/t17-,18+,19-/m1/s1. The lowest BCUT2D eigenvalue weighted by atomic mass is 10.0. The van der Waals surface area contributed by atoms with Crippen molar-refractivity contribution in [3.05, 3.63) is 42.0 Å². The van der Waals surface area contributed by atoms with Gasteiger partial charge in [-0.15, -0.1) is 0 Å². The van der Waals surface area contributed by atoms with Crippen LogP contribution in [0.3, 0.4) is 0 Å². The van der Waals surface area contributed by atoms with Gasteiger partial charge < -0.3 is 14.2 Å². The number of ketones is 1. The molecule has 1 aromatic carbocycles. The van der Waals surface area contributed by atoms with E-state index in [1.165, 1.54) is 0 Å². The first kappa shape index (κ1) is 17.4. The number of fused-ring (bicyclic) bond motifs is 2. The molecule has 0 aliphatic carbocycles. The van der Waals surface area contributed by atoms with Gasteiger partial charge in [0.1, 0.15) is 18.0 Å². The second-order valence-electron chi connectivity index (χ2n) is 7.68. The quantitative estimate of drug-likeness (QED) is 0.604. The smallest absolute Gasteiger partial charge is 0.167 e. The summed E-state index contributed by atoms with van der Waals surface area (Å²) in [4.78, 5) is 12.5. The van der Waals surface area contributed by atoms with Crippen LogP contribution in [-0.4, -0.2) is 38.4 Å². The predicted octanol–water partition coefficient (Wildman–Crippen LogP) is 3.51. The van der Waals surface area contributed by atoms with Gasteiger partial charge in [0, 0.05) is 6.42 Å². The van der Waals surface area contributed by atoms with E-state index in [0.29, 0.717) is 13.0 Å². The van der Waals surface area contributed by atoms with Crippen molar-refractivity contribution in [2.45, 2.75) is 56.5 Å². The van der Waals surface area contributed by atoms with E-state index in [4.69, 9.17) is 14.2 Å². The van der Waals surface area contributed by atoms with Gasteiger partial charge in [-0.05, 0) is 24.1 Å². The lowest BCUT2D eigenvalue weighted by molar-refractivity contribution is -0.130. The molecule has 3 rings (SSSR count). The molecule has 1 fully saturated rings. The van der Waals surface area contributed by atoms with Crippen LogP contribution in [0.25, 0.3) is 0 Å². The van der Waals surface area contributed by atoms with E-state index in [-0.39, 0.29) is 17.1 Å². The number of methoxy groups -OCH3 is 1. The molecule has 2 heterocycles. The Morgan fingerprint density at radius 1 is 1.25 bits per heavy atom. The van der Waals surface area contributed by atoms with Crippen LogP contribution in [0, 0.1) is 0 Å². The zero-order valence-corrected chi connectivity index (χ0v) is 15.9. The SMILES string of the molecule is COc1ccc(CO[C@@H]2C=CC[C@@]3([Si](C)(C)C)CC(=O)[C@@H]2O3)cc1.